The van der Waals surface area contributed by atoms with Crippen molar-refractivity contribution < 1.29 is 17.6 Å². The number of alkyl halides is 3. The quantitative estimate of drug-likeness (QED) is 0.283. The van der Waals surface area contributed by atoms with Gasteiger partial charge in [-0.1, -0.05) is 0 Å². The second-order valence-corrected chi connectivity index (χ2v) is 13.9. The van der Waals surface area contributed by atoms with Crippen LogP contribution >= 0.6 is 18.7 Å². The number of likely N-dealkylation sites (tertiary alicyclic amines) is 1. The largest absolute Gasteiger partial charge is 0.416 e. The Balaban J connectivity index is 1.26. The van der Waals surface area contributed by atoms with Crippen LogP contribution in [-0.4, -0.2) is 49.5 Å². The van der Waals surface area contributed by atoms with Crippen LogP contribution in [0.5, 0.6) is 0 Å². The fourth-order valence-corrected chi connectivity index (χ4v) is 8.15. The van der Waals surface area contributed by atoms with Crippen molar-refractivity contribution in [2.24, 2.45) is 5.92 Å². The number of nitrogens with one attached hydrogen (secondary N) is 2. The molecule has 0 aromatic heterocycles. The highest BCUT2D eigenvalue weighted by atomic mass is 32.7. The van der Waals surface area contributed by atoms with Gasteiger partial charge in [-0.25, -0.2) is 4.39 Å². The van der Waals surface area contributed by atoms with Crippen LogP contribution in [0.15, 0.2) is 23.8 Å². The summed E-state index contributed by atoms with van der Waals surface area (Å²) in [6, 6.07) is 2.88. The van der Waals surface area contributed by atoms with Crippen molar-refractivity contribution in [3.8, 4) is 0 Å². The third-order valence-electron chi connectivity index (χ3n) is 6.69. The van der Waals surface area contributed by atoms with Crippen LogP contribution in [0.4, 0.5) is 17.6 Å². The van der Waals surface area contributed by atoms with Crippen LogP contribution in [0.3, 0.4) is 0 Å². The molecule has 33 heavy (non-hydrogen) atoms. The molecule has 0 amide bonds. The third kappa shape index (κ3) is 7.58. The molecule has 2 saturated carbocycles. The van der Waals surface area contributed by atoms with Crippen LogP contribution in [0.1, 0.15) is 56.1 Å². The summed E-state index contributed by atoms with van der Waals surface area (Å²) in [4.78, 5) is 2.50. The zero-order valence-corrected chi connectivity index (χ0v) is 20.9. The molecule has 3 aliphatic rings. The molecule has 1 aliphatic heterocycles. The van der Waals surface area contributed by atoms with Crippen molar-refractivity contribution in [2.45, 2.75) is 56.4 Å². The lowest BCUT2D eigenvalue weighted by Gasteiger charge is -2.33. The summed E-state index contributed by atoms with van der Waals surface area (Å²) in [6.45, 7) is 7.23. The minimum Gasteiger partial charge on any atom is -0.384 e. The highest BCUT2D eigenvalue weighted by Crippen LogP contribution is 2.52. The van der Waals surface area contributed by atoms with Crippen LogP contribution in [0.25, 0.3) is 5.70 Å². The minimum atomic E-state index is -4.55. The molecule has 9 heteroatoms. The fourth-order valence-electron chi connectivity index (χ4n) is 4.39. The number of benzene rings is 1. The van der Waals surface area contributed by atoms with Gasteiger partial charge in [0.1, 0.15) is 5.82 Å². The van der Waals surface area contributed by atoms with Crippen molar-refractivity contribution in [3.05, 3.63) is 40.7 Å². The van der Waals surface area contributed by atoms with Crippen LogP contribution in [0.2, 0.25) is 0 Å². The molecule has 1 saturated heterocycles. The van der Waals surface area contributed by atoms with E-state index in [-0.39, 0.29) is 7.27 Å². The Bertz CT molecular complexity index is 829. The maximum absolute atomic E-state index is 14.0. The lowest BCUT2D eigenvalue weighted by molar-refractivity contribution is -0.137. The molecule has 0 radical (unpaired) electrons. The Morgan fingerprint density at radius 3 is 2.45 bits per heavy atom. The first-order valence-electron chi connectivity index (χ1n) is 12.0. The van der Waals surface area contributed by atoms with Crippen molar-refractivity contribution in [1.29, 1.82) is 0 Å². The van der Waals surface area contributed by atoms with Crippen molar-refractivity contribution in [2.75, 3.05) is 39.4 Å². The van der Waals surface area contributed by atoms with Gasteiger partial charge in [-0.05, 0) is 94.4 Å². The topological polar surface area (TPSA) is 27.3 Å². The summed E-state index contributed by atoms with van der Waals surface area (Å²) in [5.41, 5.74) is 1.21. The van der Waals surface area contributed by atoms with E-state index in [0.717, 1.165) is 81.7 Å². The zero-order chi connectivity index (χ0) is 23.4. The number of piperidine rings is 1. The Labute approximate surface area is 199 Å². The van der Waals surface area contributed by atoms with E-state index in [9.17, 15) is 17.6 Å². The first kappa shape index (κ1) is 25.3. The third-order valence-corrected chi connectivity index (χ3v) is 10.7. The van der Waals surface area contributed by atoms with E-state index >= 15 is 0 Å². The minimum absolute atomic E-state index is 0.116. The smallest absolute Gasteiger partial charge is 0.384 e. The number of hydrogen-bond acceptors (Lipinski definition) is 4. The number of hydrogen-bond donors (Lipinski definition) is 2. The van der Waals surface area contributed by atoms with Crippen molar-refractivity contribution >= 4 is 24.4 Å². The van der Waals surface area contributed by atoms with Gasteiger partial charge in [0, 0.05) is 43.4 Å². The average molecular weight is 504 g/mol. The van der Waals surface area contributed by atoms with Crippen LogP contribution < -0.4 is 10.4 Å². The molecule has 1 unspecified atom stereocenters. The molecule has 0 bridgehead atoms. The van der Waals surface area contributed by atoms with E-state index in [1.54, 1.807) is 0 Å². The predicted octanol–water partition coefficient (Wildman–Crippen LogP) is 6.47. The predicted molar refractivity (Wildman–Crippen MR) is 131 cm³/mol. The number of nitrogens with zero attached hydrogens (tertiary/aromatic N) is 1. The molecule has 2 aliphatic carbocycles. The van der Waals surface area contributed by atoms with Crippen LogP contribution in [0, 0.1) is 11.7 Å². The molecule has 1 aromatic carbocycles. The molecule has 0 spiro atoms. The van der Waals surface area contributed by atoms with Gasteiger partial charge in [0.05, 0.1) is 5.56 Å². The molecule has 184 valence electrons. The van der Waals surface area contributed by atoms with Gasteiger partial charge in [-0.3, -0.25) is 5.09 Å². The monoisotopic (exact) mass is 503 g/mol. The summed E-state index contributed by atoms with van der Waals surface area (Å²) < 4.78 is 53.6. The Kier molecular flexibility index (Phi) is 8.64. The fraction of sp³-hybridized carbons (Fsp3) is 0.667. The lowest BCUT2D eigenvalue weighted by Crippen LogP contribution is -2.39. The molecule has 1 atom stereocenters. The second-order valence-electron chi connectivity index (χ2n) is 9.43. The molecular weight excluding hydrogens is 469 g/mol. The standard InChI is InChI=1S/C24H34F4N3PS/c1-32(33-22-5-6-22)30-9-12-31-10-7-17(8-11-31)16-29-23(18-3-2-4-18)19-13-20(24(26,27)28)15-21(25)14-19/h13-15,17,22,29-30H,2-12,16H2,1H3. The van der Waals surface area contributed by atoms with Gasteiger partial charge in [0.15, 0.2) is 0 Å². The number of rotatable bonds is 10. The van der Waals surface area contributed by atoms with E-state index in [0.29, 0.717) is 23.2 Å². The molecule has 3 nitrogen and oxygen atoms in total. The summed E-state index contributed by atoms with van der Waals surface area (Å²) in [6.07, 6.45) is 3.12. The highest BCUT2D eigenvalue weighted by molar-refractivity contribution is 8.55. The first-order valence-corrected chi connectivity index (χ1v) is 15.3. The Hall–Kier alpha value is -0.820. The molecule has 1 aromatic rings. The SMILES string of the molecule is CP(NCCN1CCC(CNC(=C2CCC2)c2cc(F)cc(C(F)(F)F)c2)CC1)SC1CC1. The summed E-state index contributed by atoms with van der Waals surface area (Å²) in [5.74, 6) is -0.360. The van der Waals surface area contributed by atoms with Gasteiger partial charge in [0.2, 0.25) is 0 Å². The van der Waals surface area contributed by atoms with Gasteiger partial charge >= 0.3 is 6.18 Å². The Morgan fingerprint density at radius 2 is 1.85 bits per heavy atom. The molecule has 3 fully saturated rings. The van der Waals surface area contributed by atoms with E-state index < -0.39 is 17.6 Å². The van der Waals surface area contributed by atoms with Crippen LogP contribution in [-0.2, 0) is 6.18 Å². The summed E-state index contributed by atoms with van der Waals surface area (Å²) in [7, 11) is -0.116. The molecule has 4 rings (SSSR count). The van der Waals surface area contributed by atoms with E-state index in [1.165, 1.54) is 18.9 Å². The summed E-state index contributed by atoms with van der Waals surface area (Å²) >= 11 is 2.11. The molecule has 1 heterocycles. The van der Waals surface area contributed by atoms with Crippen molar-refractivity contribution in [3.63, 3.8) is 0 Å². The zero-order valence-electron chi connectivity index (χ0n) is 19.2. The normalized spacial score (nSPS) is 21.1. The van der Waals surface area contributed by atoms with Gasteiger partial charge < -0.3 is 10.2 Å². The number of allylic oxidation sites excluding steroid dienone is 1. The number of halogens is 4. The van der Waals surface area contributed by atoms with Gasteiger partial charge in [-0.15, -0.1) is 11.4 Å². The lowest BCUT2D eigenvalue weighted by atomic mass is 9.87. The summed E-state index contributed by atoms with van der Waals surface area (Å²) in [5, 5.41) is 7.99. The van der Waals surface area contributed by atoms with E-state index in [2.05, 4.69) is 33.4 Å². The highest BCUT2D eigenvalue weighted by Gasteiger charge is 2.32. The van der Waals surface area contributed by atoms with Gasteiger partial charge in [-0.2, -0.15) is 13.2 Å². The first-order chi connectivity index (χ1) is 15.8. The van der Waals surface area contributed by atoms with Crippen molar-refractivity contribution in [1.82, 2.24) is 15.3 Å². The molecule has 2 N–H and O–H groups in total. The second kappa shape index (κ2) is 11.3. The molecular formula is C24H34F4N3PS. The Morgan fingerprint density at radius 1 is 1.12 bits per heavy atom. The van der Waals surface area contributed by atoms with E-state index in [4.69, 9.17) is 0 Å². The van der Waals surface area contributed by atoms with Gasteiger partial charge in [0.25, 0.3) is 0 Å². The average Bonchev–Trinajstić information content (AvgIpc) is 3.53. The maximum Gasteiger partial charge on any atom is 0.416 e. The maximum atomic E-state index is 14.0. The van der Waals surface area contributed by atoms with E-state index in [1.807, 2.05) is 0 Å².